The van der Waals surface area contributed by atoms with E-state index < -0.39 is 0 Å². The Labute approximate surface area is 163 Å². The maximum Gasteiger partial charge on any atom is 0.273 e. The van der Waals surface area contributed by atoms with Crippen molar-refractivity contribution in [2.24, 2.45) is 5.92 Å². The summed E-state index contributed by atoms with van der Waals surface area (Å²) < 4.78 is 14.0. The van der Waals surface area contributed by atoms with Gasteiger partial charge in [-0.2, -0.15) is 0 Å². The number of carbonyl (C=O) groups is 1. The number of piperazine rings is 1. The summed E-state index contributed by atoms with van der Waals surface area (Å²) in [5, 5.41) is 2.76. The molecule has 0 radical (unpaired) electrons. The van der Waals surface area contributed by atoms with Gasteiger partial charge in [-0.15, -0.1) is 11.3 Å². The SMILES string of the molecule is CC1CCCN(C(=O)c2csc(N3CCN(c4ccccc4F)CC3)n2)C1. The number of amides is 1. The number of thiazole rings is 1. The highest BCUT2D eigenvalue weighted by Gasteiger charge is 2.26. The Bertz CT molecular complexity index is 803. The van der Waals surface area contributed by atoms with Gasteiger partial charge >= 0.3 is 0 Å². The average molecular weight is 389 g/mol. The molecule has 2 saturated heterocycles. The monoisotopic (exact) mass is 388 g/mol. The molecule has 1 atom stereocenters. The molecule has 144 valence electrons. The summed E-state index contributed by atoms with van der Waals surface area (Å²) in [6.07, 6.45) is 2.26. The van der Waals surface area contributed by atoms with E-state index in [9.17, 15) is 9.18 Å². The summed E-state index contributed by atoms with van der Waals surface area (Å²) in [6, 6.07) is 6.91. The lowest BCUT2D eigenvalue weighted by Gasteiger charge is -2.36. The van der Waals surface area contributed by atoms with Crippen LogP contribution in [0.1, 0.15) is 30.3 Å². The first-order valence-electron chi connectivity index (χ1n) is 9.61. The molecule has 5 nitrogen and oxygen atoms in total. The number of para-hydroxylation sites is 1. The molecular weight excluding hydrogens is 363 g/mol. The Hall–Kier alpha value is -2.15. The van der Waals surface area contributed by atoms with E-state index in [1.54, 1.807) is 6.07 Å². The minimum absolute atomic E-state index is 0.0500. The maximum absolute atomic E-state index is 14.0. The average Bonchev–Trinajstić information content (AvgIpc) is 3.18. The zero-order valence-corrected chi connectivity index (χ0v) is 16.4. The molecule has 2 fully saturated rings. The summed E-state index contributed by atoms with van der Waals surface area (Å²) in [7, 11) is 0. The minimum Gasteiger partial charge on any atom is -0.366 e. The third kappa shape index (κ3) is 3.93. The topological polar surface area (TPSA) is 39.7 Å². The molecule has 4 rings (SSSR count). The Morgan fingerprint density at radius 1 is 1.15 bits per heavy atom. The van der Waals surface area contributed by atoms with E-state index in [1.165, 1.54) is 23.8 Å². The van der Waals surface area contributed by atoms with E-state index in [0.29, 0.717) is 17.3 Å². The quantitative estimate of drug-likeness (QED) is 0.807. The lowest BCUT2D eigenvalue weighted by molar-refractivity contribution is 0.0678. The zero-order valence-electron chi connectivity index (χ0n) is 15.6. The lowest BCUT2D eigenvalue weighted by atomic mass is 10.0. The first-order valence-corrected chi connectivity index (χ1v) is 10.5. The van der Waals surface area contributed by atoms with Gasteiger partial charge in [0.1, 0.15) is 11.5 Å². The van der Waals surface area contributed by atoms with Crippen LogP contribution in [0.2, 0.25) is 0 Å². The molecule has 1 aromatic carbocycles. The number of hydrogen-bond donors (Lipinski definition) is 0. The number of nitrogens with zero attached hydrogens (tertiary/aromatic N) is 4. The number of benzene rings is 1. The van der Waals surface area contributed by atoms with Crippen LogP contribution in [-0.4, -0.2) is 55.1 Å². The number of halogens is 1. The van der Waals surface area contributed by atoms with Crippen molar-refractivity contribution >= 4 is 28.1 Å². The van der Waals surface area contributed by atoms with Crippen LogP contribution in [0, 0.1) is 11.7 Å². The zero-order chi connectivity index (χ0) is 18.8. The van der Waals surface area contributed by atoms with E-state index in [-0.39, 0.29) is 11.7 Å². The van der Waals surface area contributed by atoms with Crippen molar-refractivity contribution in [3.63, 3.8) is 0 Å². The molecule has 3 heterocycles. The van der Waals surface area contributed by atoms with Crippen LogP contribution >= 0.6 is 11.3 Å². The van der Waals surface area contributed by atoms with Crippen LogP contribution in [0.4, 0.5) is 15.2 Å². The van der Waals surface area contributed by atoms with Gasteiger partial charge in [0.2, 0.25) is 0 Å². The number of piperidine rings is 1. The normalized spacial score (nSPS) is 20.8. The van der Waals surface area contributed by atoms with Crippen molar-refractivity contribution < 1.29 is 9.18 Å². The summed E-state index contributed by atoms with van der Waals surface area (Å²) in [6.45, 7) is 6.89. The summed E-state index contributed by atoms with van der Waals surface area (Å²) in [5.41, 5.74) is 1.21. The van der Waals surface area contributed by atoms with Crippen molar-refractivity contribution in [3.05, 3.63) is 41.2 Å². The number of hydrogen-bond acceptors (Lipinski definition) is 5. The third-order valence-electron chi connectivity index (χ3n) is 5.40. The van der Waals surface area contributed by atoms with Crippen LogP contribution in [-0.2, 0) is 0 Å². The van der Waals surface area contributed by atoms with Crippen molar-refractivity contribution in [2.45, 2.75) is 19.8 Å². The van der Waals surface area contributed by atoms with Gasteiger partial charge in [0.15, 0.2) is 5.13 Å². The molecule has 0 bridgehead atoms. The van der Waals surface area contributed by atoms with Crippen molar-refractivity contribution in [2.75, 3.05) is 49.1 Å². The molecule has 2 aliphatic rings. The van der Waals surface area contributed by atoms with Gasteiger partial charge in [-0.05, 0) is 30.9 Å². The fourth-order valence-corrected chi connectivity index (χ4v) is 4.74. The summed E-state index contributed by atoms with van der Waals surface area (Å²) in [5.74, 6) is 0.435. The second-order valence-corrected chi connectivity index (χ2v) is 8.28. The molecule has 0 saturated carbocycles. The fraction of sp³-hybridized carbons (Fsp3) is 0.500. The Kier molecular flexibility index (Phi) is 5.29. The van der Waals surface area contributed by atoms with Gasteiger partial charge in [-0.25, -0.2) is 9.37 Å². The highest BCUT2D eigenvalue weighted by molar-refractivity contribution is 7.13. The molecule has 1 amide bonds. The van der Waals surface area contributed by atoms with Crippen molar-refractivity contribution in [1.82, 2.24) is 9.88 Å². The van der Waals surface area contributed by atoms with E-state index in [2.05, 4.69) is 21.7 Å². The van der Waals surface area contributed by atoms with Gasteiger partial charge in [-0.1, -0.05) is 19.1 Å². The van der Waals surface area contributed by atoms with Gasteiger partial charge in [0, 0.05) is 44.6 Å². The van der Waals surface area contributed by atoms with Gasteiger partial charge in [-0.3, -0.25) is 4.79 Å². The molecule has 0 aliphatic carbocycles. The molecule has 27 heavy (non-hydrogen) atoms. The predicted molar refractivity (Wildman–Crippen MR) is 107 cm³/mol. The molecule has 0 N–H and O–H groups in total. The lowest BCUT2D eigenvalue weighted by Crippen LogP contribution is -2.46. The molecule has 2 aromatic rings. The standard InChI is InChI=1S/C20H25FN4OS/c1-15-5-4-8-25(13-15)19(26)17-14-27-20(22-17)24-11-9-23(10-12-24)18-7-3-2-6-16(18)21/h2-3,6-7,14-15H,4-5,8-13H2,1H3. The largest absolute Gasteiger partial charge is 0.366 e. The first-order chi connectivity index (χ1) is 13.1. The van der Waals surface area contributed by atoms with Crippen molar-refractivity contribution in [3.8, 4) is 0 Å². The Morgan fingerprint density at radius 3 is 2.63 bits per heavy atom. The molecule has 0 spiro atoms. The predicted octanol–water partition coefficient (Wildman–Crippen LogP) is 3.48. The Balaban J connectivity index is 1.38. The number of rotatable bonds is 3. The van der Waals surface area contributed by atoms with Crippen LogP contribution in [0.15, 0.2) is 29.6 Å². The first kappa shape index (κ1) is 18.2. The van der Waals surface area contributed by atoms with Crippen molar-refractivity contribution in [1.29, 1.82) is 0 Å². The van der Waals surface area contributed by atoms with E-state index in [4.69, 9.17) is 0 Å². The van der Waals surface area contributed by atoms with Gasteiger partial charge in [0.05, 0.1) is 5.69 Å². The van der Waals surface area contributed by atoms with Crippen LogP contribution in [0.3, 0.4) is 0 Å². The third-order valence-corrected chi connectivity index (χ3v) is 6.30. The molecule has 2 aliphatic heterocycles. The van der Waals surface area contributed by atoms with Crippen LogP contribution in [0.25, 0.3) is 0 Å². The second-order valence-electron chi connectivity index (χ2n) is 7.44. The van der Waals surface area contributed by atoms with Crippen LogP contribution < -0.4 is 9.80 Å². The number of anilines is 2. The van der Waals surface area contributed by atoms with Gasteiger partial charge < -0.3 is 14.7 Å². The Morgan fingerprint density at radius 2 is 1.89 bits per heavy atom. The van der Waals surface area contributed by atoms with E-state index in [0.717, 1.165) is 50.8 Å². The molecule has 7 heteroatoms. The summed E-state index contributed by atoms with van der Waals surface area (Å²) >= 11 is 1.52. The molecule has 1 unspecified atom stereocenters. The number of likely N-dealkylation sites (tertiary alicyclic amines) is 1. The summed E-state index contributed by atoms with van der Waals surface area (Å²) in [4.78, 5) is 23.5. The minimum atomic E-state index is -0.177. The second kappa shape index (κ2) is 7.84. The van der Waals surface area contributed by atoms with Crippen LogP contribution in [0.5, 0.6) is 0 Å². The van der Waals surface area contributed by atoms with E-state index in [1.807, 2.05) is 22.4 Å². The molecule has 1 aromatic heterocycles. The highest BCUT2D eigenvalue weighted by Crippen LogP contribution is 2.26. The maximum atomic E-state index is 14.0. The smallest absolute Gasteiger partial charge is 0.273 e. The van der Waals surface area contributed by atoms with E-state index >= 15 is 0 Å². The number of carbonyl (C=O) groups excluding carboxylic acids is 1. The van der Waals surface area contributed by atoms with Gasteiger partial charge in [0.25, 0.3) is 5.91 Å². The highest BCUT2D eigenvalue weighted by atomic mass is 32.1. The number of aromatic nitrogens is 1. The molecular formula is C20H25FN4OS. The fourth-order valence-electron chi connectivity index (χ4n) is 3.89.